The van der Waals surface area contributed by atoms with E-state index in [1.807, 2.05) is 11.8 Å². The van der Waals surface area contributed by atoms with Crippen molar-refractivity contribution in [3.8, 4) is 0 Å². The highest BCUT2D eigenvalue weighted by atomic mass is 32.2. The Hall–Kier alpha value is -2.69. The number of ether oxygens (including phenoxy) is 2. The second-order valence-electron chi connectivity index (χ2n) is 13.2. The molecule has 0 aliphatic carbocycles. The number of thioether (sulfide) groups is 1. The Labute approximate surface area is 324 Å². The van der Waals surface area contributed by atoms with Gasteiger partial charge in [0.15, 0.2) is 0 Å². The normalized spacial score (nSPS) is 25.6. The zero-order valence-electron chi connectivity index (χ0n) is 29.9. The third kappa shape index (κ3) is 15.2. The highest BCUT2D eigenvalue weighted by Crippen LogP contribution is 2.65. The summed E-state index contributed by atoms with van der Waals surface area (Å²) in [6, 6.07) is 0.242. The number of carbonyl (C=O) groups is 3. The summed E-state index contributed by atoms with van der Waals surface area (Å²) in [5, 5.41) is 22.3. The summed E-state index contributed by atoms with van der Waals surface area (Å²) in [4.78, 5) is 99.1. The van der Waals surface area contributed by atoms with E-state index in [-0.39, 0.29) is 54.9 Å². The van der Waals surface area contributed by atoms with Crippen LogP contribution in [0.4, 0.5) is 4.79 Å². The molecule has 1 aromatic rings. The van der Waals surface area contributed by atoms with E-state index in [2.05, 4.69) is 34.9 Å². The summed E-state index contributed by atoms with van der Waals surface area (Å²) in [5.41, 5.74) is -1.59. The van der Waals surface area contributed by atoms with Gasteiger partial charge >= 0.3 is 35.0 Å². The number of aliphatic hydroxyl groups is 1. The Morgan fingerprint density at radius 3 is 2.43 bits per heavy atom. The van der Waals surface area contributed by atoms with Crippen LogP contribution in [0.5, 0.6) is 0 Å². The number of unbranched alkanes of at least 4 members (excludes halogenated alkanes) is 3. The number of urea groups is 1. The monoisotopic (exact) mass is 876 g/mol. The number of phosphoric acid groups is 2. The van der Waals surface area contributed by atoms with Gasteiger partial charge in [0, 0.05) is 49.6 Å². The van der Waals surface area contributed by atoms with Crippen LogP contribution >= 0.6 is 35.0 Å². The number of fused-ring (bicyclic) bond motifs is 1. The minimum atomic E-state index is -5.66. The molecule has 27 heteroatoms. The smallest absolute Gasteiger partial charge is 0.390 e. The molecule has 1 aromatic heterocycles. The fourth-order valence-corrected chi connectivity index (χ4v) is 10.9. The molecular weight excluding hydrogens is 829 g/mol. The first-order chi connectivity index (χ1) is 26.3. The first kappa shape index (κ1) is 46.0. The van der Waals surface area contributed by atoms with E-state index in [1.54, 1.807) is 0 Å². The van der Waals surface area contributed by atoms with Gasteiger partial charge in [0.2, 0.25) is 11.8 Å². The average molecular weight is 877 g/mol. The highest BCUT2D eigenvalue weighted by molar-refractivity contribution is 8.00. The van der Waals surface area contributed by atoms with Crippen molar-refractivity contribution in [3.63, 3.8) is 0 Å². The van der Waals surface area contributed by atoms with Gasteiger partial charge in [0.05, 0.1) is 30.4 Å². The summed E-state index contributed by atoms with van der Waals surface area (Å²) in [7, 11) is -16.3. The summed E-state index contributed by atoms with van der Waals surface area (Å²) in [6.45, 7) is -0.000963. The standard InChI is InChI=1S/C29H47N6O17P3S/c36-20-13-25(50-21(20)15-49-17-53(42,43)51-55(47,48)52-54(44,45)46)35-14-18(27(39)34-29(35)41)7-6-12-31-23(37)9-2-1-5-11-30-24(38)10-4-3-8-22-26-19(16-56-22)32-28(40)33-26/h6-7,14,19-22,25-26,36H,1-5,8-13,15-17H2,(H,30,38)(H,31,37)(H,42,43)(H,47,48)(H2,32,33,40)(H,34,39,41)(H2,44,45,46)/b7-6+/t19-,20-,21+,22-,25+,26-/m0/s1. The second-order valence-corrected chi connectivity index (χ2v) is 19.2. The molecule has 0 spiro atoms. The van der Waals surface area contributed by atoms with E-state index >= 15 is 0 Å². The molecule has 8 atom stereocenters. The molecule has 316 valence electrons. The minimum absolute atomic E-state index is 0.0118. The summed E-state index contributed by atoms with van der Waals surface area (Å²) < 4.78 is 53.2. The van der Waals surface area contributed by atoms with Crippen LogP contribution in [0.1, 0.15) is 69.6 Å². The number of hydrogen-bond acceptors (Lipinski definition) is 14. The number of nitrogens with zero attached hydrogens (tertiary/aromatic N) is 1. The Morgan fingerprint density at radius 2 is 1.70 bits per heavy atom. The molecular formula is C29H47N6O17P3S. The maximum Gasteiger partial charge on any atom is 0.488 e. The molecule has 3 aliphatic heterocycles. The largest absolute Gasteiger partial charge is 0.488 e. The lowest BCUT2D eigenvalue weighted by atomic mass is 10.0. The number of carbonyl (C=O) groups excluding carboxylic acids is 3. The van der Waals surface area contributed by atoms with Crippen molar-refractivity contribution in [3.05, 3.63) is 38.7 Å². The van der Waals surface area contributed by atoms with E-state index in [4.69, 9.17) is 19.3 Å². The Kier molecular flexibility index (Phi) is 17.1. The number of hydrogen-bond donors (Lipinski definition) is 10. The molecule has 3 aliphatic rings. The van der Waals surface area contributed by atoms with Crippen LogP contribution < -0.4 is 32.5 Å². The maximum atomic E-state index is 12.5. The fourth-order valence-electron chi connectivity index (χ4n) is 6.11. The van der Waals surface area contributed by atoms with Gasteiger partial charge in [-0.15, -0.1) is 0 Å². The van der Waals surface area contributed by atoms with Crippen molar-refractivity contribution >= 4 is 58.9 Å². The minimum Gasteiger partial charge on any atom is -0.390 e. The van der Waals surface area contributed by atoms with Crippen LogP contribution in [-0.4, -0.2) is 113 Å². The molecule has 3 saturated heterocycles. The van der Waals surface area contributed by atoms with Crippen molar-refractivity contribution in [2.45, 2.75) is 93.6 Å². The summed E-state index contributed by atoms with van der Waals surface area (Å²) in [6.07, 6.45) is 4.38. The lowest BCUT2D eigenvalue weighted by molar-refractivity contribution is -0.122. The van der Waals surface area contributed by atoms with Crippen LogP contribution in [0.2, 0.25) is 0 Å². The predicted molar refractivity (Wildman–Crippen MR) is 198 cm³/mol. The van der Waals surface area contributed by atoms with Gasteiger partial charge < -0.3 is 55.4 Å². The van der Waals surface area contributed by atoms with Gasteiger partial charge in [-0.25, -0.2) is 23.0 Å². The van der Waals surface area contributed by atoms with Gasteiger partial charge in [-0.2, -0.15) is 16.1 Å². The molecule has 2 unspecified atom stereocenters. The van der Waals surface area contributed by atoms with Gasteiger partial charge in [0.1, 0.15) is 18.7 Å². The SMILES string of the molecule is O=C(CCCCCNC(=O)CCCC[C@@H]1SC[C@@H]2NC(=O)N[C@@H]21)NC/C=C/c1cn([C@H]2C[C@H](O)[C@@H](COCP(=O)(O)OP(=O)(O)OP(=O)(O)O)O2)c(=O)[nH]c1=O. The van der Waals surface area contributed by atoms with Crippen molar-refractivity contribution < 1.29 is 70.9 Å². The van der Waals surface area contributed by atoms with E-state index in [9.17, 15) is 52.6 Å². The van der Waals surface area contributed by atoms with Crippen LogP contribution in [-0.2, 0) is 41.4 Å². The summed E-state index contributed by atoms with van der Waals surface area (Å²) >= 11 is 1.85. The Morgan fingerprint density at radius 1 is 0.982 bits per heavy atom. The van der Waals surface area contributed by atoms with Crippen LogP contribution in [0.15, 0.2) is 21.9 Å². The Balaban J connectivity index is 1.09. The third-order valence-electron chi connectivity index (χ3n) is 8.68. The molecule has 3 fully saturated rings. The third-order valence-corrected chi connectivity index (χ3v) is 14.2. The van der Waals surface area contributed by atoms with Crippen molar-refractivity contribution in [1.29, 1.82) is 0 Å². The molecule has 56 heavy (non-hydrogen) atoms. The zero-order valence-corrected chi connectivity index (χ0v) is 33.4. The molecule has 23 nitrogen and oxygen atoms in total. The Bertz CT molecular complexity index is 1840. The second kappa shape index (κ2) is 20.8. The number of aromatic nitrogens is 2. The fraction of sp³-hybridized carbons (Fsp3) is 0.690. The maximum absolute atomic E-state index is 12.5. The average Bonchev–Trinajstić information content (AvgIpc) is 3.75. The molecule has 0 radical (unpaired) electrons. The van der Waals surface area contributed by atoms with E-state index < -0.39 is 65.9 Å². The molecule has 4 heterocycles. The summed E-state index contributed by atoms with van der Waals surface area (Å²) in [5.74, 6) is 0.674. The van der Waals surface area contributed by atoms with Crippen molar-refractivity contribution in [2.75, 3.05) is 31.8 Å². The molecule has 0 bridgehead atoms. The molecule has 0 saturated carbocycles. The van der Waals surface area contributed by atoms with Crippen molar-refractivity contribution in [1.82, 2.24) is 30.8 Å². The predicted octanol–water partition coefficient (Wildman–Crippen LogP) is 0.103. The number of nitrogens with one attached hydrogen (secondary N) is 5. The zero-order chi connectivity index (χ0) is 41.1. The molecule has 10 N–H and O–H groups in total. The quantitative estimate of drug-likeness (QED) is 0.0396. The first-order valence-corrected chi connectivity index (χ1v) is 23.4. The van der Waals surface area contributed by atoms with Gasteiger partial charge in [-0.3, -0.25) is 28.5 Å². The lowest BCUT2D eigenvalue weighted by Crippen LogP contribution is -2.36. The van der Waals surface area contributed by atoms with Crippen LogP contribution in [0, 0.1) is 0 Å². The van der Waals surface area contributed by atoms with E-state index in [0.29, 0.717) is 24.6 Å². The molecule has 4 amide bonds. The first-order valence-electron chi connectivity index (χ1n) is 17.6. The molecule has 0 aromatic carbocycles. The van der Waals surface area contributed by atoms with Crippen LogP contribution in [0.25, 0.3) is 6.08 Å². The lowest BCUT2D eigenvalue weighted by Gasteiger charge is -2.19. The van der Waals surface area contributed by atoms with Crippen LogP contribution in [0.3, 0.4) is 0 Å². The van der Waals surface area contributed by atoms with Gasteiger partial charge in [-0.05, 0) is 25.7 Å². The van der Waals surface area contributed by atoms with Gasteiger partial charge in [-0.1, -0.05) is 25.0 Å². The van der Waals surface area contributed by atoms with Crippen molar-refractivity contribution in [2.24, 2.45) is 0 Å². The number of amides is 4. The van der Waals surface area contributed by atoms with E-state index in [0.717, 1.165) is 42.4 Å². The molecule has 4 rings (SSSR count). The number of aromatic amines is 1. The number of aliphatic hydroxyl groups excluding tert-OH is 1. The highest BCUT2D eigenvalue weighted by Gasteiger charge is 2.43. The van der Waals surface area contributed by atoms with E-state index in [1.165, 1.54) is 18.3 Å². The van der Waals surface area contributed by atoms with Gasteiger partial charge in [0.25, 0.3) is 5.56 Å². The topological polar surface area (TPSA) is 343 Å². The number of rotatable bonds is 23. The number of H-pyrrole nitrogens is 1.